The predicted molar refractivity (Wildman–Crippen MR) is 73.8 cm³/mol. The highest BCUT2D eigenvalue weighted by molar-refractivity contribution is 5.79. The molecule has 5 heteroatoms. The first-order valence-electron chi connectivity index (χ1n) is 7.19. The third-order valence-corrected chi connectivity index (χ3v) is 3.50. The van der Waals surface area contributed by atoms with E-state index in [2.05, 4.69) is 24.5 Å². The molecule has 1 saturated heterocycles. The molecule has 3 N–H and O–H groups in total. The van der Waals surface area contributed by atoms with Gasteiger partial charge in [0.1, 0.15) is 0 Å². The van der Waals surface area contributed by atoms with Gasteiger partial charge in [0.05, 0.1) is 5.92 Å². The molecule has 1 aliphatic rings. The molecule has 0 aliphatic carbocycles. The second-order valence-electron chi connectivity index (χ2n) is 5.88. The zero-order valence-corrected chi connectivity index (χ0v) is 11.9. The number of carbonyl (C=O) groups is 2. The van der Waals surface area contributed by atoms with Gasteiger partial charge in [-0.2, -0.15) is 0 Å². The van der Waals surface area contributed by atoms with Gasteiger partial charge in [0, 0.05) is 19.5 Å². The van der Waals surface area contributed by atoms with Crippen molar-refractivity contribution in [2.24, 2.45) is 17.8 Å². The van der Waals surface area contributed by atoms with Crippen molar-refractivity contribution in [1.29, 1.82) is 0 Å². The number of aliphatic carboxylic acids is 1. The van der Waals surface area contributed by atoms with E-state index in [0.29, 0.717) is 12.5 Å². The zero-order chi connectivity index (χ0) is 14.3. The Morgan fingerprint density at radius 2 is 2.16 bits per heavy atom. The average Bonchev–Trinajstić information content (AvgIpc) is 2.35. The van der Waals surface area contributed by atoms with E-state index in [1.807, 2.05) is 0 Å². The van der Waals surface area contributed by atoms with Gasteiger partial charge in [0.25, 0.3) is 0 Å². The van der Waals surface area contributed by atoms with Gasteiger partial charge in [-0.25, -0.2) is 0 Å². The topological polar surface area (TPSA) is 78.4 Å². The van der Waals surface area contributed by atoms with Crippen LogP contribution in [-0.4, -0.2) is 36.6 Å². The number of carbonyl (C=O) groups excluding carboxylic acids is 1. The molecule has 1 aliphatic heterocycles. The molecule has 0 saturated carbocycles. The van der Waals surface area contributed by atoms with Crippen LogP contribution in [0.25, 0.3) is 0 Å². The molecule has 1 fully saturated rings. The lowest BCUT2D eigenvalue weighted by molar-refractivity contribution is -0.138. The standard InChI is InChI=1S/C14H26N2O3/c1-10(2)6-11(7-13(17)18)8-16-14(19)12-4-3-5-15-9-12/h10-12,15H,3-9H2,1-2H3,(H,16,19)(H,17,18)/t11-,12-/m0/s1. The van der Waals surface area contributed by atoms with Gasteiger partial charge in [0.2, 0.25) is 5.91 Å². The Bertz CT molecular complexity index is 299. The Morgan fingerprint density at radius 3 is 2.68 bits per heavy atom. The van der Waals surface area contributed by atoms with Gasteiger partial charge in [-0.15, -0.1) is 0 Å². The summed E-state index contributed by atoms with van der Waals surface area (Å²) in [6.07, 6.45) is 2.91. The van der Waals surface area contributed by atoms with Crippen LogP contribution < -0.4 is 10.6 Å². The summed E-state index contributed by atoms with van der Waals surface area (Å²) in [7, 11) is 0. The summed E-state index contributed by atoms with van der Waals surface area (Å²) in [5, 5.41) is 15.0. The maximum atomic E-state index is 12.0. The molecular weight excluding hydrogens is 244 g/mol. The Balaban J connectivity index is 2.36. The molecular formula is C14H26N2O3. The van der Waals surface area contributed by atoms with Gasteiger partial charge in [-0.1, -0.05) is 13.8 Å². The van der Waals surface area contributed by atoms with Gasteiger partial charge < -0.3 is 15.7 Å². The molecule has 2 atom stereocenters. The second-order valence-corrected chi connectivity index (χ2v) is 5.88. The quantitative estimate of drug-likeness (QED) is 0.650. The molecule has 1 rings (SSSR count). The number of nitrogens with one attached hydrogen (secondary N) is 2. The third kappa shape index (κ3) is 6.57. The fourth-order valence-electron chi connectivity index (χ4n) is 2.62. The summed E-state index contributed by atoms with van der Waals surface area (Å²) in [5.41, 5.74) is 0. The lowest BCUT2D eigenvalue weighted by atomic mass is 9.93. The van der Waals surface area contributed by atoms with E-state index in [1.54, 1.807) is 0 Å². The summed E-state index contributed by atoms with van der Waals surface area (Å²) in [4.78, 5) is 22.8. The van der Waals surface area contributed by atoms with E-state index in [0.717, 1.165) is 32.4 Å². The minimum atomic E-state index is -0.792. The number of hydrogen-bond acceptors (Lipinski definition) is 3. The van der Waals surface area contributed by atoms with E-state index >= 15 is 0 Å². The fraction of sp³-hybridized carbons (Fsp3) is 0.857. The number of carboxylic acid groups (broad SMARTS) is 1. The maximum absolute atomic E-state index is 12.0. The summed E-state index contributed by atoms with van der Waals surface area (Å²) in [6, 6.07) is 0. The number of amides is 1. The van der Waals surface area contributed by atoms with Crippen LogP contribution in [0.1, 0.15) is 39.5 Å². The van der Waals surface area contributed by atoms with Crippen molar-refractivity contribution in [3.05, 3.63) is 0 Å². The van der Waals surface area contributed by atoms with Crippen LogP contribution in [0.4, 0.5) is 0 Å². The van der Waals surface area contributed by atoms with Gasteiger partial charge in [-0.05, 0) is 37.6 Å². The molecule has 1 amide bonds. The molecule has 19 heavy (non-hydrogen) atoms. The van der Waals surface area contributed by atoms with Crippen LogP contribution in [0, 0.1) is 17.8 Å². The van der Waals surface area contributed by atoms with E-state index in [9.17, 15) is 9.59 Å². The predicted octanol–water partition coefficient (Wildman–Crippen LogP) is 1.24. The second kappa shape index (κ2) is 8.15. The lowest BCUT2D eigenvalue weighted by Crippen LogP contribution is -2.42. The highest BCUT2D eigenvalue weighted by Gasteiger charge is 2.22. The summed E-state index contributed by atoms with van der Waals surface area (Å²) in [6.45, 7) is 6.33. The van der Waals surface area contributed by atoms with Crippen LogP contribution in [-0.2, 0) is 9.59 Å². The van der Waals surface area contributed by atoms with Crippen LogP contribution >= 0.6 is 0 Å². The first-order valence-corrected chi connectivity index (χ1v) is 7.19. The Morgan fingerprint density at radius 1 is 1.42 bits per heavy atom. The molecule has 0 aromatic heterocycles. The molecule has 0 aromatic rings. The summed E-state index contributed by atoms with van der Waals surface area (Å²) in [5.74, 6) is -0.223. The smallest absolute Gasteiger partial charge is 0.303 e. The number of hydrogen-bond donors (Lipinski definition) is 3. The molecule has 0 unspecified atom stereocenters. The molecule has 0 aromatic carbocycles. The van der Waals surface area contributed by atoms with Crippen molar-refractivity contribution in [2.75, 3.05) is 19.6 Å². The molecule has 0 spiro atoms. The van der Waals surface area contributed by atoms with Crippen molar-refractivity contribution in [1.82, 2.24) is 10.6 Å². The van der Waals surface area contributed by atoms with Crippen molar-refractivity contribution >= 4 is 11.9 Å². The van der Waals surface area contributed by atoms with Crippen LogP contribution in [0.5, 0.6) is 0 Å². The molecule has 110 valence electrons. The Hall–Kier alpha value is -1.10. The van der Waals surface area contributed by atoms with E-state index < -0.39 is 5.97 Å². The largest absolute Gasteiger partial charge is 0.481 e. The monoisotopic (exact) mass is 270 g/mol. The maximum Gasteiger partial charge on any atom is 0.303 e. The van der Waals surface area contributed by atoms with Crippen molar-refractivity contribution in [3.63, 3.8) is 0 Å². The minimum absolute atomic E-state index is 0.0259. The van der Waals surface area contributed by atoms with E-state index in [-0.39, 0.29) is 24.2 Å². The van der Waals surface area contributed by atoms with Crippen molar-refractivity contribution in [3.8, 4) is 0 Å². The zero-order valence-electron chi connectivity index (χ0n) is 11.9. The molecule has 0 radical (unpaired) electrons. The Labute approximate surface area is 115 Å². The normalized spacial score (nSPS) is 21.1. The fourth-order valence-corrected chi connectivity index (χ4v) is 2.62. The van der Waals surface area contributed by atoms with Gasteiger partial charge in [-0.3, -0.25) is 9.59 Å². The highest BCUT2D eigenvalue weighted by atomic mass is 16.4. The first-order chi connectivity index (χ1) is 8.99. The number of piperidine rings is 1. The number of carboxylic acids is 1. The van der Waals surface area contributed by atoms with Crippen LogP contribution in [0.2, 0.25) is 0 Å². The molecule has 1 heterocycles. The number of rotatable bonds is 7. The Kier molecular flexibility index (Phi) is 6.84. The molecule has 0 bridgehead atoms. The molecule has 5 nitrogen and oxygen atoms in total. The SMILES string of the molecule is CC(C)C[C@H](CNC(=O)[C@H]1CCCNC1)CC(=O)O. The highest BCUT2D eigenvalue weighted by Crippen LogP contribution is 2.15. The van der Waals surface area contributed by atoms with E-state index in [4.69, 9.17) is 5.11 Å². The average molecular weight is 270 g/mol. The van der Waals surface area contributed by atoms with Crippen molar-refractivity contribution < 1.29 is 14.7 Å². The third-order valence-electron chi connectivity index (χ3n) is 3.50. The summed E-state index contributed by atoms with van der Waals surface area (Å²) < 4.78 is 0. The minimum Gasteiger partial charge on any atom is -0.481 e. The van der Waals surface area contributed by atoms with Crippen LogP contribution in [0.15, 0.2) is 0 Å². The van der Waals surface area contributed by atoms with Crippen LogP contribution in [0.3, 0.4) is 0 Å². The summed E-state index contributed by atoms with van der Waals surface area (Å²) >= 11 is 0. The first kappa shape index (κ1) is 16.0. The van der Waals surface area contributed by atoms with Gasteiger partial charge >= 0.3 is 5.97 Å². The van der Waals surface area contributed by atoms with E-state index in [1.165, 1.54) is 0 Å². The van der Waals surface area contributed by atoms with Gasteiger partial charge in [0.15, 0.2) is 0 Å². The van der Waals surface area contributed by atoms with Crippen molar-refractivity contribution in [2.45, 2.75) is 39.5 Å². The lowest BCUT2D eigenvalue weighted by Gasteiger charge is -2.24.